The van der Waals surface area contributed by atoms with Gasteiger partial charge in [-0.3, -0.25) is 9.59 Å². The Kier molecular flexibility index (Phi) is 7.16. The van der Waals surface area contributed by atoms with Gasteiger partial charge in [0.2, 0.25) is 0 Å². The minimum atomic E-state index is -0.812. The number of anilines is 1. The fourth-order valence-electron chi connectivity index (χ4n) is 3.22. The molecule has 0 aliphatic heterocycles. The number of hydrogen-bond acceptors (Lipinski definition) is 5. The summed E-state index contributed by atoms with van der Waals surface area (Å²) in [4.78, 5) is 24.1. The van der Waals surface area contributed by atoms with E-state index in [4.69, 9.17) is 9.47 Å². The van der Waals surface area contributed by atoms with Crippen molar-refractivity contribution in [2.45, 2.75) is 64.4 Å². The lowest BCUT2D eigenvalue weighted by molar-refractivity contribution is -0.143. The average Bonchev–Trinajstić information content (AvgIpc) is 2.87. The number of nitrogens with one attached hydrogen (secondary N) is 1. The maximum atomic E-state index is 13.0. The molecule has 0 bridgehead atoms. The predicted octanol–water partition coefficient (Wildman–Crippen LogP) is 3.94. The maximum absolute atomic E-state index is 13.0. The first-order valence-electron chi connectivity index (χ1n) is 9.19. The number of carbonyl (C=O) groups excluding carboxylic acids is 2. The molecule has 0 unspecified atom stereocenters. The van der Waals surface area contributed by atoms with Crippen LogP contribution in [-0.2, 0) is 14.3 Å². The van der Waals surface area contributed by atoms with Gasteiger partial charge in [-0.25, -0.2) is 0 Å². The second-order valence-electron chi connectivity index (χ2n) is 6.63. The van der Waals surface area contributed by atoms with Crippen LogP contribution in [0.1, 0.15) is 64.4 Å². The van der Waals surface area contributed by atoms with E-state index in [1.807, 2.05) is 13.0 Å². The van der Waals surface area contributed by atoms with E-state index in [1.165, 1.54) is 19.1 Å². The first-order chi connectivity index (χ1) is 12.5. The van der Waals surface area contributed by atoms with Crippen molar-refractivity contribution in [2.75, 3.05) is 11.9 Å². The van der Waals surface area contributed by atoms with Crippen LogP contribution < -0.4 is 10.1 Å². The SMILES string of the molecule is CCCOC1(C(=O)Nc2ccc(OC(C)=O)c(C#N)c2)CCCCCC1. The number of esters is 1. The maximum Gasteiger partial charge on any atom is 0.308 e. The van der Waals surface area contributed by atoms with Crippen LogP contribution in [0.2, 0.25) is 0 Å². The topological polar surface area (TPSA) is 88.4 Å². The average molecular weight is 358 g/mol. The quantitative estimate of drug-likeness (QED) is 0.473. The van der Waals surface area contributed by atoms with E-state index in [2.05, 4.69) is 5.32 Å². The van der Waals surface area contributed by atoms with Crippen LogP contribution in [0, 0.1) is 11.3 Å². The van der Waals surface area contributed by atoms with Crippen LogP contribution in [-0.4, -0.2) is 24.1 Å². The van der Waals surface area contributed by atoms with E-state index in [9.17, 15) is 14.9 Å². The Hall–Kier alpha value is -2.39. The molecule has 6 heteroatoms. The monoisotopic (exact) mass is 358 g/mol. The normalized spacial score (nSPS) is 16.2. The van der Waals surface area contributed by atoms with Gasteiger partial charge in [0.1, 0.15) is 17.4 Å². The fourth-order valence-corrected chi connectivity index (χ4v) is 3.22. The zero-order valence-corrected chi connectivity index (χ0v) is 15.5. The first kappa shape index (κ1) is 19.9. The molecule has 2 rings (SSSR count). The van der Waals surface area contributed by atoms with Gasteiger partial charge in [-0.15, -0.1) is 0 Å². The van der Waals surface area contributed by atoms with Crippen molar-refractivity contribution < 1.29 is 19.1 Å². The van der Waals surface area contributed by atoms with Gasteiger partial charge in [0, 0.05) is 19.2 Å². The molecule has 1 saturated carbocycles. The second-order valence-corrected chi connectivity index (χ2v) is 6.63. The van der Waals surface area contributed by atoms with Crippen molar-refractivity contribution in [3.63, 3.8) is 0 Å². The third-order valence-corrected chi connectivity index (χ3v) is 4.52. The van der Waals surface area contributed by atoms with Crippen molar-refractivity contribution >= 4 is 17.6 Å². The molecule has 0 spiro atoms. The summed E-state index contributed by atoms with van der Waals surface area (Å²) in [5.74, 6) is -0.481. The highest BCUT2D eigenvalue weighted by molar-refractivity contribution is 5.97. The Labute approximate surface area is 154 Å². The van der Waals surface area contributed by atoms with Crippen LogP contribution in [0.25, 0.3) is 0 Å². The third kappa shape index (κ3) is 5.06. The zero-order valence-electron chi connectivity index (χ0n) is 15.5. The standard InChI is InChI=1S/C20H26N2O4/c1-3-12-25-20(10-6-4-5-7-11-20)19(24)22-17-8-9-18(26-15(2)23)16(13-17)14-21/h8-9,13H,3-7,10-12H2,1-2H3,(H,22,24). The van der Waals surface area contributed by atoms with Crippen LogP contribution in [0.15, 0.2) is 18.2 Å². The van der Waals surface area contributed by atoms with Crippen LogP contribution in [0.4, 0.5) is 5.69 Å². The minimum absolute atomic E-state index is 0.169. The molecule has 1 fully saturated rings. The van der Waals surface area contributed by atoms with Crippen molar-refractivity contribution in [1.82, 2.24) is 0 Å². The molecule has 1 aromatic rings. The van der Waals surface area contributed by atoms with E-state index >= 15 is 0 Å². The molecule has 1 aliphatic carbocycles. The van der Waals surface area contributed by atoms with Gasteiger partial charge in [-0.1, -0.05) is 32.6 Å². The van der Waals surface area contributed by atoms with Gasteiger partial charge in [-0.05, 0) is 37.5 Å². The first-order valence-corrected chi connectivity index (χ1v) is 9.19. The number of carbonyl (C=O) groups is 2. The van der Waals surface area contributed by atoms with Gasteiger partial charge in [0.15, 0.2) is 0 Å². The predicted molar refractivity (Wildman–Crippen MR) is 97.8 cm³/mol. The fraction of sp³-hybridized carbons (Fsp3) is 0.550. The van der Waals surface area contributed by atoms with Gasteiger partial charge >= 0.3 is 5.97 Å². The number of amides is 1. The molecule has 1 amide bonds. The minimum Gasteiger partial charge on any atom is -0.425 e. The lowest BCUT2D eigenvalue weighted by Gasteiger charge is -2.31. The number of nitrogens with zero attached hydrogens (tertiary/aromatic N) is 1. The lowest BCUT2D eigenvalue weighted by atomic mass is 9.92. The molecule has 0 heterocycles. The molecule has 26 heavy (non-hydrogen) atoms. The Balaban J connectivity index is 2.20. The molecule has 0 radical (unpaired) electrons. The van der Waals surface area contributed by atoms with E-state index in [1.54, 1.807) is 6.07 Å². The molecular weight excluding hydrogens is 332 g/mol. The molecule has 6 nitrogen and oxygen atoms in total. The number of nitriles is 1. The molecular formula is C20H26N2O4. The van der Waals surface area contributed by atoms with E-state index in [0.717, 1.165) is 32.1 Å². The van der Waals surface area contributed by atoms with Crippen molar-refractivity contribution in [3.8, 4) is 11.8 Å². The molecule has 0 aromatic heterocycles. The van der Waals surface area contributed by atoms with Crippen LogP contribution in [0.3, 0.4) is 0 Å². The summed E-state index contributed by atoms with van der Waals surface area (Å²) in [6.45, 7) is 3.84. The Morgan fingerprint density at radius 1 is 1.23 bits per heavy atom. The summed E-state index contributed by atoms with van der Waals surface area (Å²) >= 11 is 0. The van der Waals surface area contributed by atoms with Gasteiger partial charge < -0.3 is 14.8 Å². The summed E-state index contributed by atoms with van der Waals surface area (Å²) in [6, 6.07) is 6.64. The summed E-state index contributed by atoms with van der Waals surface area (Å²) in [5.41, 5.74) is -0.123. The zero-order chi connectivity index (χ0) is 19.0. The highest BCUT2D eigenvalue weighted by Crippen LogP contribution is 2.32. The van der Waals surface area contributed by atoms with E-state index in [-0.39, 0.29) is 17.2 Å². The third-order valence-electron chi connectivity index (χ3n) is 4.52. The van der Waals surface area contributed by atoms with E-state index in [0.29, 0.717) is 25.1 Å². The molecule has 1 N–H and O–H groups in total. The summed E-state index contributed by atoms with van der Waals surface area (Å²) < 4.78 is 11.0. The van der Waals surface area contributed by atoms with Crippen LogP contribution in [0.5, 0.6) is 5.75 Å². The van der Waals surface area contributed by atoms with Crippen molar-refractivity contribution in [1.29, 1.82) is 5.26 Å². The van der Waals surface area contributed by atoms with Gasteiger partial charge in [0.05, 0.1) is 5.56 Å². The Morgan fingerprint density at radius 3 is 2.50 bits per heavy atom. The van der Waals surface area contributed by atoms with Crippen molar-refractivity contribution in [2.24, 2.45) is 0 Å². The highest BCUT2D eigenvalue weighted by Gasteiger charge is 2.39. The molecule has 0 atom stereocenters. The van der Waals surface area contributed by atoms with Gasteiger partial charge in [0.25, 0.3) is 5.91 Å². The molecule has 140 valence electrons. The van der Waals surface area contributed by atoms with Gasteiger partial charge in [-0.2, -0.15) is 5.26 Å². The summed E-state index contributed by atoms with van der Waals surface area (Å²) in [6.07, 6.45) is 6.41. The Morgan fingerprint density at radius 2 is 1.92 bits per heavy atom. The number of rotatable bonds is 6. The van der Waals surface area contributed by atoms with Crippen molar-refractivity contribution in [3.05, 3.63) is 23.8 Å². The van der Waals surface area contributed by atoms with E-state index < -0.39 is 11.6 Å². The molecule has 0 saturated heterocycles. The number of benzene rings is 1. The summed E-state index contributed by atoms with van der Waals surface area (Å²) in [5, 5.41) is 12.2. The summed E-state index contributed by atoms with van der Waals surface area (Å²) in [7, 11) is 0. The molecule has 1 aliphatic rings. The van der Waals surface area contributed by atoms with Crippen LogP contribution >= 0.6 is 0 Å². The second kappa shape index (κ2) is 9.35. The highest BCUT2D eigenvalue weighted by atomic mass is 16.5. The number of hydrogen-bond donors (Lipinski definition) is 1. The smallest absolute Gasteiger partial charge is 0.308 e. The largest absolute Gasteiger partial charge is 0.425 e. The molecule has 1 aromatic carbocycles. The lowest BCUT2D eigenvalue weighted by Crippen LogP contribution is -2.45. The Bertz CT molecular complexity index is 686. The number of ether oxygens (including phenoxy) is 2.